The lowest BCUT2D eigenvalue weighted by Gasteiger charge is -2.17. The minimum Gasteiger partial charge on any atom is -0.493 e. The van der Waals surface area contributed by atoms with Gasteiger partial charge < -0.3 is 14.8 Å². The Morgan fingerprint density at radius 1 is 1.33 bits per heavy atom. The molecule has 1 amide bonds. The van der Waals surface area contributed by atoms with E-state index in [-0.39, 0.29) is 11.5 Å². The molecule has 1 aliphatic rings. The van der Waals surface area contributed by atoms with E-state index >= 15 is 0 Å². The summed E-state index contributed by atoms with van der Waals surface area (Å²) in [6.45, 7) is 4.31. The number of methoxy groups -OCH3 is 1. The van der Waals surface area contributed by atoms with Crippen LogP contribution in [-0.4, -0.2) is 35.2 Å². The summed E-state index contributed by atoms with van der Waals surface area (Å²) >= 11 is 0. The Morgan fingerprint density at radius 2 is 2.11 bits per heavy atom. The van der Waals surface area contributed by atoms with Crippen LogP contribution in [0.1, 0.15) is 36.9 Å². The molecule has 0 saturated heterocycles. The SMILES string of the molecule is COc1cc(C)ccc1OC(C)C(=O)NCCn1cnc(C2CC2)cc1=O. The molecular formula is C20H25N3O4. The van der Waals surface area contributed by atoms with Gasteiger partial charge in [-0.3, -0.25) is 14.2 Å². The fraction of sp³-hybridized carbons (Fsp3) is 0.450. The molecule has 1 saturated carbocycles. The van der Waals surface area contributed by atoms with Crippen molar-refractivity contribution in [3.05, 3.63) is 52.2 Å². The summed E-state index contributed by atoms with van der Waals surface area (Å²) in [6.07, 6.45) is 3.08. The number of nitrogens with zero attached hydrogens (tertiary/aromatic N) is 2. The van der Waals surface area contributed by atoms with Crippen LogP contribution in [0.15, 0.2) is 35.4 Å². The third-order valence-corrected chi connectivity index (χ3v) is 4.54. The molecule has 1 unspecified atom stereocenters. The maximum atomic E-state index is 12.3. The van der Waals surface area contributed by atoms with Crippen LogP contribution in [0.3, 0.4) is 0 Å². The second-order valence-corrected chi connectivity index (χ2v) is 6.83. The van der Waals surface area contributed by atoms with Crippen LogP contribution >= 0.6 is 0 Å². The lowest BCUT2D eigenvalue weighted by Crippen LogP contribution is -2.39. The average Bonchev–Trinajstić information content (AvgIpc) is 3.49. The average molecular weight is 371 g/mol. The van der Waals surface area contributed by atoms with Crippen LogP contribution in [-0.2, 0) is 11.3 Å². The molecule has 1 aliphatic carbocycles. The lowest BCUT2D eigenvalue weighted by atomic mass is 10.2. The monoisotopic (exact) mass is 371 g/mol. The first-order valence-electron chi connectivity index (χ1n) is 9.13. The maximum absolute atomic E-state index is 12.3. The van der Waals surface area contributed by atoms with E-state index in [0.717, 1.165) is 24.1 Å². The summed E-state index contributed by atoms with van der Waals surface area (Å²) in [5, 5.41) is 2.78. The van der Waals surface area contributed by atoms with E-state index in [4.69, 9.17) is 9.47 Å². The van der Waals surface area contributed by atoms with Crippen LogP contribution < -0.4 is 20.3 Å². The highest BCUT2D eigenvalue weighted by atomic mass is 16.5. The van der Waals surface area contributed by atoms with Crippen molar-refractivity contribution in [3.8, 4) is 11.5 Å². The summed E-state index contributed by atoms with van der Waals surface area (Å²) < 4.78 is 12.5. The van der Waals surface area contributed by atoms with Crippen LogP contribution in [0.5, 0.6) is 11.5 Å². The molecule has 0 aliphatic heterocycles. The van der Waals surface area contributed by atoms with E-state index in [1.807, 2.05) is 19.1 Å². The van der Waals surface area contributed by atoms with Crippen molar-refractivity contribution in [2.75, 3.05) is 13.7 Å². The number of hydrogen-bond donors (Lipinski definition) is 1. The van der Waals surface area contributed by atoms with Gasteiger partial charge in [0.05, 0.1) is 19.1 Å². The van der Waals surface area contributed by atoms with Gasteiger partial charge in [-0.05, 0) is 44.4 Å². The van der Waals surface area contributed by atoms with Crippen molar-refractivity contribution < 1.29 is 14.3 Å². The third-order valence-electron chi connectivity index (χ3n) is 4.54. The van der Waals surface area contributed by atoms with Crippen LogP contribution in [0.4, 0.5) is 0 Å². The van der Waals surface area contributed by atoms with Gasteiger partial charge in [0.15, 0.2) is 17.6 Å². The molecule has 1 aromatic heterocycles. The lowest BCUT2D eigenvalue weighted by molar-refractivity contribution is -0.127. The van der Waals surface area contributed by atoms with Crippen LogP contribution in [0.25, 0.3) is 0 Å². The molecule has 1 atom stereocenters. The number of amides is 1. The maximum Gasteiger partial charge on any atom is 0.260 e. The zero-order valence-electron chi connectivity index (χ0n) is 15.9. The van der Waals surface area contributed by atoms with Gasteiger partial charge >= 0.3 is 0 Å². The normalized spacial score (nSPS) is 14.5. The van der Waals surface area contributed by atoms with E-state index in [1.165, 1.54) is 4.57 Å². The van der Waals surface area contributed by atoms with Crippen LogP contribution in [0, 0.1) is 6.92 Å². The fourth-order valence-electron chi connectivity index (χ4n) is 2.77. The summed E-state index contributed by atoms with van der Waals surface area (Å²) in [4.78, 5) is 28.7. The van der Waals surface area contributed by atoms with E-state index in [2.05, 4.69) is 10.3 Å². The molecule has 27 heavy (non-hydrogen) atoms. The molecule has 0 spiro atoms. The van der Waals surface area contributed by atoms with Gasteiger partial charge in [0.25, 0.3) is 11.5 Å². The van der Waals surface area contributed by atoms with Crippen molar-refractivity contribution in [1.82, 2.24) is 14.9 Å². The first-order chi connectivity index (χ1) is 13.0. The van der Waals surface area contributed by atoms with Gasteiger partial charge in [-0.25, -0.2) is 4.98 Å². The number of carbonyl (C=O) groups is 1. The van der Waals surface area contributed by atoms with Crippen molar-refractivity contribution >= 4 is 5.91 Å². The predicted octanol–water partition coefficient (Wildman–Crippen LogP) is 2.02. The number of benzene rings is 1. The number of aryl methyl sites for hydroxylation is 1. The predicted molar refractivity (Wildman–Crippen MR) is 101 cm³/mol. The van der Waals surface area contributed by atoms with Crippen LogP contribution in [0.2, 0.25) is 0 Å². The molecule has 7 nitrogen and oxygen atoms in total. The highest BCUT2D eigenvalue weighted by Gasteiger charge is 2.25. The van der Waals surface area contributed by atoms with E-state index < -0.39 is 6.10 Å². The first-order valence-corrected chi connectivity index (χ1v) is 9.13. The Hall–Kier alpha value is -2.83. The zero-order chi connectivity index (χ0) is 19.4. The molecule has 1 fully saturated rings. The second kappa shape index (κ2) is 8.24. The Bertz CT molecular complexity index is 874. The third kappa shape index (κ3) is 4.87. The molecule has 2 aromatic rings. The summed E-state index contributed by atoms with van der Waals surface area (Å²) in [6, 6.07) is 7.12. The number of hydrogen-bond acceptors (Lipinski definition) is 5. The molecular weight excluding hydrogens is 346 g/mol. The molecule has 3 rings (SSSR count). The van der Waals surface area contributed by atoms with E-state index in [1.54, 1.807) is 32.5 Å². The Balaban J connectivity index is 1.51. The molecule has 1 aromatic carbocycles. The van der Waals surface area contributed by atoms with Gasteiger partial charge in [-0.1, -0.05) is 6.07 Å². The highest BCUT2D eigenvalue weighted by molar-refractivity contribution is 5.80. The highest BCUT2D eigenvalue weighted by Crippen LogP contribution is 2.38. The largest absolute Gasteiger partial charge is 0.493 e. The minimum atomic E-state index is -0.686. The molecule has 1 N–H and O–H groups in total. The standard InChI is InChI=1S/C20H25N3O4/c1-13-4-7-17(18(10-13)26-3)27-14(2)20(25)21-8-9-23-12-22-16(11-19(23)24)15-5-6-15/h4,7,10-12,14-15H,5-6,8-9H2,1-3H3,(H,21,25). The van der Waals surface area contributed by atoms with E-state index in [0.29, 0.717) is 30.5 Å². The first kappa shape index (κ1) is 18.9. The molecule has 1 heterocycles. The van der Waals surface area contributed by atoms with Gasteiger partial charge in [0.1, 0.15) is 0 Å². The Morgan fingerprint density at radius 3 is 2.78 bits per heavy atom. The van der Waals surface area contributed by atoms with Crippen molar-refractivity contribution in [1.29, 1.82) is 0 Å². The van der Waals surface area contributed by atoms with Gasteiger partial charge in [-0.2, -0.15) is 0 Å². The van der Waals surface area contributed by atoms with Crippen molar-refractivity contribution in [2.24, 2.45) is 0 Å². The summed E-state index contributed by atoms with van der Waals surface area (Å²) in [7, 11) is 1.56. The Kier molecular flexibility index (Phi) is 5.78. The Labute approximate surface area is 158 Å². The molecule has 0 radical (unpaired) electrons. The number of aromatic nitrogens is 2. The van der Waals surface area contributed by atoms with Gasteiger partial charge in [-0.15, -0.1) is 0 Å². The quantitative estimate of drug-likeness (QED) is 0.768. The number of nitrogens with one attached hydrogen (secondary N) is 1. The second-order valence-electron chi connectivity index (χ2n) is 6.83. The number of rotatable bonds is 8. The summed E-state index contributed by atoms with van der Waals surface area (Å²) in [5.41, 5.74) is 1.83. The minimum absolute atomic E-state index is 0.0881. The molecule has 7 heteroatoms. The number of carbonyl (C=O) groups excluding carboxylic acids is 1. The fourth-order valence-corrected chi connectivity index (χ4v) is 2.77. The van der Waals surface area contributed by atoms with Gasteiger partial charge in [0, 0.05) is 25.1 Å². The van der Waals surface area contributed by atoms with E-state index in [9.17, 15) is 9.59 Å². The topological polar surface area (TPSA) is 82.4 Å². The molecule has 0 bridgehead atoms. The van der Waals surface area contributed by atoms with Crippen molar-refractivity contribution in [3.63, 3.8) is 0 Å². The smallest absolute Gasteiger partial charge is 0.260 e. The zero-order valence-corrected chi connectivity index (χ0v) is 15.9. The van der Waals surface area contributed by atoms with Crippen molar-refractivity contribution in [2.45, 2.75) is 45.3 Å². The number of ether oxygens (including phenoxy) is 2. The summed E-state index contributed by atoms with van der Waals surface area (Å²) in [5.74, 6) is 1.29. The van der Waals surface area contributed by atoms with Gasteiger partial charge in [0.2, 0.25) is 0 Å². The molecule has 144 valence electrons.